The molecular formula is C20H18N4O2S. The molecule has 0 saturated heterocycles. The summed E-state index contributed by atoms with van der Waals surface area (Å²) in [6.45, 7) is 1.91. The van der Waals surface area contributed by atoms with Gasteiger partial charge in [0, 0.05) is 16.7 Å². The summed E-state index contributed by atoms with van der Waals surface area (Å²) in [7, 11) is 0. The van der Waals surface area contributed by atoms with Gasteiger partial charge in [-0.2, -0.15) is 5.10 Å². The Morgan fingerprint density at radius 1 is 1.22 bits per heavy atom. The van der Waals surface area contributed by atoms with E-state index in [1.54, 1.807) is 11.8 Å². The van der Waals surface area contributed by atoms with Gasteiger partial charge in [-0.1, -0.05) is 42.1 Å². The average Bonchev–Trinajstić information content (AvgIpc) is 3.36. The third kappa shape index (κ3) is 4.03. The van der Waals surface area contributed by atoms with Gasteiger partial charge in [-0.3, -0.25) is 9.89 Å². The topological polar surface area (TPSA) is 83.8 Å². The molecule has 0 unspecified atom stereocenters. The van der Waals surface area contributed by atoms with E-state index < -0.39 is 0 Å². The third-order valence-electron chi connectivity index (χ3n) is 4.20. The number of thioether (sulfide) groups is 1. The Balaban J connectivity index is 1.38. The lowest BCUT2D eigenvalue weighted by atomic mass is 10.1. The first-order chi connectivity index (χ1) is 13.2. The maximum absolute atomic E-state index is 12.5. The Labute approximate surface area is 160 Å². The highest BCUT2D eigenvalue weighted by molar-refractivity contribution is 7.98. The zero-order valence-corrected chi connectivity index (χ0v) is 15.5. The number of nitrogens with one attached hydrogen (secondary N) is 2. The van der Waals surface area contributed by atoms with Crippen LogP contribution in [-0.4, -0.2) is 21.1 Å². The number of hydrogen-bond acceptors (Lipinski definition) is 5. The number of hydrogen-bond donors (Lipinski definition) is 2. The third-order valence-corrected chi connectivity index (χ3v) is 5.15. The highest BCUT2D eigenvalue weighted by Crippen LogP contribution is 2.24. The standard InChI is InChI=1S/C20H18N4O2S/c1-13(18-10-16-4-2-3-5-17(16)26-18)23-19(25)15-8-6-14(7-9-15)11-27-20-21-12-22-24-20/h2-10,12-13H,11H2,1H3,(H,23,25)(H,21,22,24)/t13-/m1/s1. The maximum atomic E-state index is 12.5. The van der Waals surface area contributed by atoms with Crippen molar-refractivity contribution in [3.8, 4) is 0 Å². The molecule has 2 aromatic heterocycles. The number of aromatic nitrogens is 3. The lowest BCUT2D eigenvalue weighted by Crippen LogP contribution is -2.26. The van der Waals surface area contributed by atoms with E-state index in [-0.39, 0.29) is 11.9 Å². The molecule has 0 aliphatic heterocycles. The highest BCUT2D eigenvalue weighted by Gasteiger charge is 2.15. The zero-order chi connectivity index (χ0) is 18.6. The molecule has 0 aliphatic rings. The summed E-state index contributed by atoms with van der Waals surface area (Å²) >= 11 is 1.56. The van der Waals surface area contributed by atoms with Gasteiger partial charge in [0.25, 0.3) is 5.91 Å². The van der Waals surface area contributed by atoms with Crippen LogP contribution in [0, 0.1) is 0 Å². The summed E-state index contributed by atoms with van der Waals surface area (Å²) in [4.78, 5) is 16.6. The van der Waals surface area contributed by atoms with Crippen LogP contribution in [0.4, 0.5) is 0 Å². The molecule has 0 radical (unpaired) electrons. The van der Waals surface area contributed by atoms with Crippen molar-refractivity contribution in [2.75, 3.05) is 0 Å². The highest BCUT2D eigenvalue weighted by atomic mass is 32.2. The SMILES string of the molecule is C[C@@H](NC(=O)c1ccc(CSc2ncn[nH]2)cc1)c1cc2ccccc2o1. The average molecular weight is 378 g/mol. The number of furan rings is 1. The van der Waals surface area contributed by atoms with Crippen LogP contribution in [0.25, 0.3) is 11.0 Å². The van der Waals surface area contributed by atoms with E-state index in [1.165, 1.54) is 6.33 Å². The molecule has 4 aromatic rings. The van der Waals surface area contributed by atoms with Crippen molar-refractivity contribution < 1.29 is 9.21 Å². The molecule has 6 nitrogen and oxygen atoms in total. The Hall–Kier alpha value is -3.06. The van der Waals surface area contributed by atoms with E-state index in [4.69, 9.17) is 4.42 Å². The van der Waals surface area contributed by atoms with E-state index in [0.717, 1.165) is 33.2 Å². The number of carbonyl (C=O) groups is 1. The van der Waals surface area contributed by atoms with E-state index in [9.17, 15) is 4.79 Å². The fourth-order valence-electron chi connectivity index (χ4n) is 2.73. The summed E-state index contributed by atoms with van der Waals surface area (Å²) < 4.78 is 5.82. The Bertz CT molecular complexity index is 1010. The van der Waals surface area contributed by atoms with Crippen LogP contribution in [0.5, 0.6) is 0 Å². The van der Waals surface area contributed by atoms with Gasteiger partial charge in [0.05, 0.1) is 6.04 Å². The molecule has 0 bridgehead atoms. The van der Waals surface area contributed by atoms with Crippen LogP contribution in [0.3, 0.4) is 0 Å². The molecule has 136 valence electrons. The van der Waals surface area contributed by atoms with Gasteiger partial charge < -0.3 is 9.73 Å². The minimum Gasteiger partial charge on any atom is -0.459 e. The van der Waals surface area contributed by atoms with E-state index in [1.807, 2.05) is 61.5 Å². The fraction of sp³-hybridized carbons (Fsp3) is 0.150. The first kappa shape index (κ1) is 17.4. The van der Waals surface area contributed by atoms with Gasteiger partial charge in [-0.05, 0) is 36.8 Å². The van der Waals surface area contributed by atoms with Crippen LogP contribution in [0.1, 0.15) is 34.6 Å². The first-order valence-corrected chi connectivity index (χ1v) is 9.54. The lowest BCUT2D eigenvalue weighted by molar-refractivity contribution is 0.0935. The van der Waals surface area contributed by atoms with E-state index in [2.05, 4.69) is 20.5 Å². The van der Waals surface area contributed by atoms with E-state index in [0.29, 0.717) is 5.56 Å². The van der Waals surface area contributed by atoms with Crippen molar-refractivity contribution in [1.82, 2.24) is 20.5 Å². The maximum Gasteiger partial charge on any atom is 0.251 e. The second-order valence-electron chi connectivity index (χ2n) is 6.16. The van der Waals surface area contributed by atoms with Gasteiger partial charge >= 0.3 is 0 Å². The van der Waals surface area contributed by atoms with Gasteiger partial charge in [0.1, 0.15) is 17.7 Å². The summed E-state index contributed by atoms with van der Waals surface area (Å²) in [6.07, 6.45) is 1.49. The lowest BCUT2D eigenvalue weighted by Gasteiger charge is -2.11. The largest absolute Gasteiger partial charge is 0.459 e. The predicted molar refractivity (Wildman–Crippen MR) is 104 cm³/mol. The number of para-hydroxylation sites is 1. The summed E-state index contributed by atoms with van der Waals surface area (Å²) in [5, 5.41) is 11.4. The number of rotatable bonds is 6. The van der Waals surface area contributed by atoms with Crippen molar-refractivity contribution in [3.63, 3.8) is 0 Å². The number of amides is 1. The molecule has 2 heterocycles. The Kier molecular flexibility index (Phi) is 4.93. The number of nitrogens with zero attached hydrogens (tertiary/aromatic N) is 2. The molecule has 1 amide bonds. The van der Waals surface area contributed by atoms with Crippen LogP contribution in [-0.2, 0) is 5.75 Å². The number of benzene rings is 2. The normalized spacial score (nSPS) is 12.2. The van der Waals surface area contributed by atoms with Crippen LogP contribution < -0.4 is 5.32 Å². The number of fused-ring (bicyclic) bond motifs is 1. The molecular weight excluding hydrogens is 360 g/mol. The van der Waals surface area contributed by atoms with Gasteiger partial charge in [0.2, 0.25) is 0 Å². The van der Waals surface area contributed by atoms with Crippen LogP contribution >= 0.6 is 11.8 Å². The predicted octanol–water partition coefficient (Wildman–Crippen LogP) is 4.33. The van der Waals surface area contributed by atoms with Crippen LogP contribution in [0.15, 0.2) is 70.5 Å². The molecule has 2 N–H and O–H groups in total. The van der Waals surface area contributed by atoms with Gasteiger partial charge in [-0.25, -0.2) is 4.98 Å². The molecule has 1 atom stereocenters. The second-order valence-corrected chi connectivity index (χ2v) is 7.12. The first-order valence-electron chi connectivity index (χ1n) is 8.55. The summed E-state index contributed by atoms with van der Waals surface area (Å²) in [6, 6.07) is 17.1. The van der Waals surface area contributed by atoms with Crippen LogP contribution in [0.2, 0.25) is 0 Å². The Morgan fingerprint density at radius 3 is 2.78 bits per heavy atom. The zero-order valence-electron chi connectivity index (χ0n) is 14.7. The van der Waals surface area contributed by atoms with Crippen molar-refractivity contribution >= 4 is 28.6 Å². The number of aromatic amines is 1. The molecule has 0 saturated carbocycles. The minimum absolute atomic E-state index is 0.127. The second kappa shape index (κ2) is 7.67. The molecule has 0 fully saturated rings. The molecule has 4 rings (SSSR count). The monoisotopic (exact) mass is 378 g/mol. The van der Waals surface area contributed by atoms with Gasteiger partial charge in [-0.15, -0.1) is 0 Å². The molecule has 0 spiro atoms. The Morgan fingerprint density at radius 2 is 2.04 bits per heavy atom. The van der Waals surface area contributed by atoms with Crippen molar-refractivity contribution in [1.29, 1.82) is 0 Å². The van der Waals surface area contributed by atoms with Crippen molar-refractivity contribution in [2.24, 2.45) is 0 Å². The summed E-state index contributed by atoms with van der Waals surface area (Å²) in [5.74, 6) is 1.37. The quantitative estimate of drug-likeness (QED) is 0.488. The molecule has 7 heteroatoms. The minimum atomic E-state index is -0.216. The molecule has 2 aromatic carbocycles. The fourth-order valence-corrected chi connectivity index (χ4v) is 3.47. The summed E-state index contributed by atoms with van der Waals surface area (Å²) in [5.41, 5.74) is 2.55. The van der Waals surface area contributed by atoms with Crippen molar-refractivity contribution in [3.05, 3.63) is 77.8 Å². The smallest absolute Gasteiger partial charge is 0.251 e. The number of H-pyrrole nitrogens is 1. The van der Waals surface area contributed by atoms with E-state index >= 15 is 0 Å². The van der Waals surface area contributed by atoms with Gasteiger partial charge in [0.15, 0.2) is 5.16 Å². The number of carbonyl (C=O) groups excluding carboxylic acids is 1. The molecule has 0 aliphatic carbocycles. The molecule has 27 heavy (non-hydrogen) atoms. The van der Waals surface area contributed by atoms with Crippen molar-refractivity contribution in [2.45, 2.75) is 23.9 Å².